The molecule has 1 aromatic rings. The molecule has 0 bridgehead atoms. The average molecular weight is 250 g/mol. The minimum absolute atomic E-state index is 0. The van der Waals surface area contributed by atoms with E-state index in [0.29, 0.717) is 11.7 Å². The Kier molecular flexibility index (Phi) is 4.89. The maximum atomic E-state index is 5.67. The molecule has 0 aromatic carbocycles. The van der Waals surface area contributed by atoms with E-state index in [4.69, 9.17) is 10.3 Å². The van der Waals surface area contributed by atoms with Gasteiger partial charge in [-0.15, -0.1) is 12.4 Å². The fourth-order valence-corrected chi connectivity index (χ4v) is 2.65. The van der Waals surface area contributed by atoms with Crippen LogP contribution in [0.1, 0.15) is 43.4 Å². The standard InChI is InChI=1S/C9H15N3OS.ClH/c1-6(10)8-11-9(13-12-8)7-2-4-14-5-3-7;/h6-7H,2-5,10H2,1H3;1H. The highest BCUT2D eigenvalue weighted by Gasteiger charge is 2.22. The molecule has 1 aromatic heterocycles. The molecule has 1 saturated heterocycles. The summed E-state index contributed by atoms with van der Waals surface area (Å²) >= 11 is 1.99. The summed E-state index contributed by atoms with van der Waals surface area (Å²) in [7, 11) is 0. The fourth-order valence-electron chi connectivity index (χ4n) is 1.54. The average Bonchev–Trinajstić information content (AvgIpc) is 2.68. The van der Waals surface area contributed by atoms with E-state index in [9.17, 15) is 0 Å². The van der Waals surface area contributed by atoms with Crippen molar-refractivity contribution in [3.05, 3.63) is 11.7 Å². The number of nitrogens with zero attached hydrogens (tertiary/aromatic N) is 2. The Labute approximate surface area is 99.8 Å². The molecule has 1 atom stereocenters. The molecular formula is C9H16ClN3OS. The molecule has 1 aliphatic rings. The number of hydrogen-bond acceptors (Lipinski definition) is 5. The molecule has 0 aliphatic carbocycles. The molecule has 0 amide bonds. The monoisotopic (exact) mass is 249 g/mol. The molecule has 2 N–H and O–H groups in total. The van der Waals surface area contributed by atoms with Crippen LogP contribution in [0.5, 0.6) is 0 Å². The number of thioether (sulfide) groups is 1. The van der Waals surface area contributed by atoms with Crippen LogP contribution in [0.3, 0.4) is 0 Å². The molecule has 0 radical (unpaired) electrons. The van der Waals surface area contributed by atoms with Crippen LogP contribution in [0, 0.1) is 0 Å². The fraction of sp³-hybridized carbons (Fsp3) is 0.778. The van der Waals surface area contributed by atoms with Gasteiger partial charge in [0.15, 0.2) is 5.82 Å². The minimum Gasteiger partial charge on any atom is -0.339 e. The van der Waals surface area contributed by atoms with Crippen LogP contribution in [0.15, 0.2) is 4.52 Å². The van der Waals surface area contributed by atoms with Gasteiger partial charge in [0, 0.05) is 5.92 Å². The van der Waals surface area contributed by atoms with E-state index in [1.165, 1.54) is 11.5 Å². The molecular weight excluding hydrogens is 234 g/mol. The van der Waals surface area contributed by atoms with Crippen LogP contribution in [-0.4, -0.2) is 21.6 Å². The summed E-state index contributed by atoms with van der Waals surface area (Å²) < 4.78 is 5.22. The van der Waals surface area contributed by atoms with Crippen molar-refractivity contribution in [2.24, 2.45) is 5.73 Å². The lowest BCUT2D eigenvalue weighted by Crippen LogP contribution is -2.10. The molecule has 6 heteroatoms. The zero-order chi connectivity index (χ0) is 9.97. The second-order valence-electron chi connectivity index (χ2n) is 3.67. The lowest BCUT2D eigenvalue weighted by atomic mass is 10.0. The summed E-state index contributed by atoms with van der Waals surface area (Å²) in [4.78, 5) is 4.32. The molecule has 1 fully saturated rings. The molecule has 2 heterocycles. The second kappa shape index (κ2) is 5.72. The van der Waals surface area contributed by atoms with Crippen molar-refractivity contribution < 1.29 is 4.52 Å². The summed E-state index contributed by atoms with van der Waals surface area (Å²) in [6.45, 7) is 1.87. The Morgan fingerprint density at radius 3 is 2.67 bits per heavy atom. The van der Waals surface area contributed by atoms with Crippen molar-refractivity contribution in [1.29, 1.82) is 0 Å². The van der Waals surface area contributed by atoms with Crippen molar-refractivity contribution in [1.82, 2.24) is 10.1 Å². The molecule has 86 valence electrons. The van der Waals surface area contributed by atoms with Crippen molar-refractivity contribution >= 4 is 24.2 Å². The highest BCUT2D eigenvalue weighted by Crippen LogP contribution is 2.30. The summed E-state index contributed by atoms with van der Waals surface area (Å²) in [5.41, 5.74) is 5.67. The van der Waals surface area contributed by atoms with Crippen LogP contribution in [0.25, 0.3) is 0 Å². The number of halogens is 1. The number of hydrogen-bond donors (Lipinski definition) is 1. The highest BCUT2D eigenvalue weighted by molar-refractivity contribution is 7.99. The maximum absolute atomic E-state index is 5.67. The van der Waals surface area contributed by atoms with Gasteiger partial charge in [-0.3, -0.25) is 0 Å². The minimum atomic E-state index is -0.134. The number of aromatic nitrogens is 2. The Hall–Kier alpha value is -0.260. The zero-order valence-corrected chi connectivity index (χ0v) is 10.3. The van der Waals surface area contributed by atoms with Crippen molar-refractivity contribution in [3.63, 3.8) is 0 Å². The largest absolute Gasteiger partial charge is 0.339 e. The van der Waals surface area contributed by atoms with Crippen molar-refractivity contribution in [2.45, 2.75) is 31.7 Å². The lowest BCUT2D eigenvalue weighted by molar-refractivity contribution is 0.341. The van der Waals surface area contributed by atoms with Crippen LogP contribution in [0.4, 0.5) is 0 Å². The van der Waals surface area contributed by atoms with Crippen LogP contribution in [-0.2, 0) is 0 Å². The number of rotatable bonds is 2. The predicted octanol–water partition coefficient (Wildman–Crippen LogP) is 2.12. The van der Waals surface area contributed by atoms with Gasteiger partial charge in [0.1, 0.15) is 0 Å². The SMILES string of the molecule is CC(N)c1noc(C2CCSCC2)n1.Cl. The van der Waals surface area contributed by atoms with E-state index in [0.717, 1.165) is 18.7 Å². The second-order valence-corrected chi connectivity index (χ2v) is 4.89. The first-order chi connectivity index (χ1) is 6.77. The Balaban J connectivity index is 0.00000112. The topological polar surface area (TPSA) is 64.9 Å². The smallest absolute Gasteiger partial charge is 0.229 e. The van der Waals surface area contributed by atoms with Crippen molar-refractivity contribution in [3.8, 4) is 0 Å². The summed E-state index contributed by atoms with van der Waals surface area (Å²) in [6, 6.07) is -0.134. The van der Waals surface area contributed by atoms with Crippen LogP contribution >= 0.6 is 24.2 Å². The van der Waals surface area contributed by atoms with E-state index in [1.807, 2.05) is 18.7 Å². The first-order valence-electron chi connectivity index (χ1n) is 4.94. The van der Waals surface area contributed by atoms with Gasteiger partial charge < -0.3 is 10.3 Å². The lowest BCUT2D eigenvalue weighted by Gasteiger charge is -2.16. The summed E-state index contributed by atoms with van der Waals surface area (Å²) in [5, 5.41) is 3.87. The molecule has 0 spiro atoms. The van der Waals surface area contributed by atoms with Gasteiger partial charge in [-0.2, -0.15) is 16.7 Å². The first kappa shape index (κ1) is 12.8. The Bertz CT molecular complexity index is 299. The van der Waals surface area contributed by atoms with E-state index < -0.39 is 0 Å². The van der Waals surface area contributed by atoms with Crippen molar-refractivity contribution in [2.75, 3.05) is 11.5 Å². The summed E-state index contributed by atoms with van der Waals surface area (Å²) in [5.74, 6) is 4.24. The normalized spacial score (nSPS) is 19.6. The van der Waals surface area contributed by atoms with Gasteiger partial charge in [-0.25, -0.2) is 0 Å². The van der Waals surface area contributed by atoms with Gasteiger partial charge in [0.05, 0.1) is 6.04 Å². The zero-order valence-electron chi connectivity index (χ0n) is 8.68. The third-order valence-electron chi connectivity index (χ3n) is 2.44. The van der Waals surface area contributed by atoms with Gasteiger partial charge in [-0.1, -0.05) is 5.16 Å². The van der Waals surface area contributed by atoms with Gasteiger partial charge in [0.25, 0.3) is 0 Å². The third kappa shape index (κ3) is 3.09. The molecule has 15 heavy (non-hydrogen) atoms. The maximum Gasteiger partial charge on any atom is 0.229 e. The Morgan fingerprint density at radius 1 is 1.47 bits per heavy atom. The van der Waals surface area contributed by atoms with Gasteiger partial charge in [-0.05, 0) is 31.3 Å². The van der Waals surface area contributed by atoms with Gasteiger partial charge >= 0.3 is 0 Å². The number of nitrogens with two attached hydrogens (primary N) is 1. The quantitative estimate of drug-likeness (QED) is 0.870. The highest BCUT2D eigenvalue weighted by atomic mass is 35.5. The third-order valence-corrected chi connectivity index (χ3v) is 3.48. The molecule has 1 aliphatic heterocycles. The van der Waals surface area contributed by atoms with E-state index in [2.05, 4.69) is 10.1 Å². The Morgan fingerprint density at radius 2 is 2.13 bits per heavy atom. The summed E-state index contributed by atoms with van der Waals surface area (Å²) in [6.07, 6.45) is 2.29. The molecule has 4 nitrogen and oxygen atoms in total. The predicted molar refractivity (Wildman–Crippen MR) is 63.4 cm³/mol. The van der Waals surface area contributed by atoms with Crippen LogP contribution < -0.4 is 5.73 Å². The first-order valence-corrected chi connectivity index (χ1v) is 6.09. The molecule has 1 unspecified atom stereocenters. The van der Waals surface area contributed by atoms with E-state index >= 15 is 0 Å². The van der Waals surface area contributed by atoms with E-state index in [1.54, 1.807) is 0 Å². The van der Waals surface area contributed by atoms with Gasteiger partial charge in [0.2, 0.25) is 5.89 Å². The molecule has 0 saturated carbocycles. The molecule has 2 rings (SSSR count). The van der Waals surface area contributed by atoms with Crippen LogP contribution in [0.2, 0.25) is 0 Å². The van der Waals surface area contributed by atoms with E-state index in [-0.39, 0.29) is 18.4 Å².